The number of carbonyl (C=O) groups is 1. The molecule has 4 aromatic rings. The smallest absolute Gasteiger partial charge is 0.285 e. The number of amides is 1. The lowest BCUT2D eigenvalue weighted by atomic mass is 10.0. The summed E-state index contributed by atoms with van der Waals surface area (Å²) in [5.74, 6) is -3.83. The Labute approximate surface area is 209 Å². The molecule has 0 saturated carbocycles. The molecular weight excluding hydrogens is 494 g/mol. The zero-order valence-corrected chi connectivity index (χ0v) is 20.4. The number of likely N-dealkylation sites (tertiary alicyclic amines) is 1. The van der Waals surface area contributed by atoms with E-state index in [4.69, 9.17) is 4.74 Å². The maximum absolute atomic E-state index is 15.3. The third kappa shape index (κ3) is 4.31. The normalized spacial score (nSPS) is 17.5. The predicted molar refractivity (Wildman–Crippen MR) is 128 cm³/mol. The number of piperidine rings is 1. The van der Waals surface area contributed by atoms with E-state index in [1.165, 1.54) is 18.5 Å². The molecule has 9 nitrogen and oxygen atoms in total. The van der Waals surface area contributed by atoms with Gasteiger partial charge in [-0.05, 0) is 31.0 Å². The fourth-order valence-electron chi connectivity index (χ4n) is 4.81. The first-order valence-corrected chi connectivity index (χ1v) is 11.7. The molecule has 1 fully saturated rings. The van der Waals surface area contributed by atoms with Crippen LogP contribution in [0, 0.1) is 12.7 Å². The van der Waals surface area contributed by atoms with Gasteiger partial charge in [-0.15, -0.1) is 5.10 Å². The van der Waals surface area contributed by atoms with Crippen LogP contribution in [0.25, 0.3) is 27.7 Å². The predicted octanol–water partition coefficient (Wildman–Crippen LogP) is 3.84. The number of hydrogen-bond donors (Lipinski definition) is 1. The van der Waals surface area contributed by atoms with Gasteiger partial charge in [0.05, 0.1) is 49.0 Å². The molecule has 1 atom stereocenters. The number of aryl methyl sites for hydroxylation is 2. The van der Waals surface area contributed by atoms with Crippen LogP contribution in [0.1, 0.15) is 19.2 Å². The zero-order valence-electron chi connectivity index (χ0n) is 20.4. The highest BCUT2D eigenvalue weighted by Crippen LogP contribution is 2.36. The Hall–Kier alpha value is -3.90. The molecule has 0 radical (unpaired) electrons. The minimum atomic E-state index is -3.22. The summed E-state index contributed by atoms with van der Waals surface area (Å²) in [4.78, 5) is 21.3. The summed E-state index contributed by atoms with van der Waals surface area (Å²) in [6.45, 7) is 1.99. The molecule has 1 aliphatic heterocycles. The average molecular weight is 520 g/mol. The molecule has 0 bridgehead atoms. The number of carbonyl (C=O) groups excluding carboxylic acids is 1. The van der Waals surface area contributed by atoms with Crippen LogP contribution >= 0.6 is 0 Å². The first-order chi connectivity index (χ1) is 17.6. The average Bonchev–Trinajstić information content (AvgIpc) is 3.34. The summed E-state index contributed by atoms with van der Waals surface area (Å²) in [7, 11) is 1.34. The topological polar surface area (TPSA) is 89.6 Å². The van der Waals surface area contributed by atoms with Crippen LogP contribution in [0.3, 0.4) is 0 Å². The monoisotopic (exact) mass is 519 g/mol. The third-order valence-electron chi connectivity index (χ3n) is 6.63. The number of anilines is 1. The number of ether oxygens (including phenoxy) is 1. The second-order valence-electron chi connectivity index (χ2n) is 8.98. The molecule has 1 aromatic carbocycles. The SMILES string of the molecule is COc1nc(N[C@@H]2CCN(C(C)=O)CC2(F)F)nn2cc(F)c(-c3ccc4nc(C)n(CCF)c4c3)c12. The van der Waals surface area contributed by atoms with E-state index in [1.807, 2.05) is 0 Å². The Balaban J connectivity index is 1.54. The molecule has 1 N–H and O–H groups in total. The zero-order chi connectivity index (χ0) is 26.5. The number of nitrogens with zero attached hydrogens (tertiary/aromatic N) is 6. The number of hydrogen-bond acceptors (Lipinski definition) is 6. The maximum Gasteiger partial charge on any atom is 0.285 e. The highest BCUT2D eigenvalue weighted by Gasteiger charge is 2.46. The summed E-state index contributed by atoms with van der Waals surface area (Å²) >= 11 is 0. The number of aromatic nitrogens is 5. The first kappa shape index (κ1) is 24.8. The van der Waals surface area contributed by atoms with Gasteiger partial charge in [-0.25, -0.2) is 27.1 Å². The lowest BCUT2D eigenvalue weighted by Crippen LogP contribution is -2.55. The summed E-state index contributed by atoms with van der Waals surface area (Å²) in [6, 6.07) is 3.78. The van der Waals surface area contributed by atoms with E-state index < -0.39 is 36.9 Å². The van der Waals surface area contributed by atoms with Gasteiger partial charge in [-0.2, -0.15) is 4.98 Å². The number of nitrogens with one attached hydrogen (secondary N) is 1. The van der Waals surface area contributed by atoms with Crippen LogP contribution in [0.5, 0.6) is 5.88 Å². The fourth-order valence-corrected chi connectivity index (χ4v) is 4.81. The van der Waals surface area contributed by atoms with Crippen LogP contribution in [0.2, 0.25) is 0 Å². The van der Waals surface area contributed by atoms with E-state index in [0.29, 0.717) is 22.4 Å². The number of alkyl halides is 3. The van der Waals surface area contributed by atoms with Gasteiger partial charge < -0.3 is 19.5 Å². The Kier molecular flexibility index (Phi) is 6.16. The molecular formula is C24H25F4N7O2. The van der Waals surface area contributed by atoms with Crippen molar-refractivity contribution in [1.82, 2.24) is 29.0 Å². The van der Waals surface area contributed by atoms with Crippen LogP contribution in [0.15, 0.2) is 24.4 Å². The maximum atomic E-state index is 15.3. The molecule has 1 saturated heterocycles. The minimum Gasteiger partial charge on any atom is -0.479 e. The summed E-state index contributed by atoms with van der Waals surface area (Å²) in [5, 5.41) is 6.85. The van der Waals surface area contributed by atoms with Gasteiger partial charge in [0.2, 0.25) is 17.7 Å². The fraction of sp³-hybridized carbons (Fsp3) is 0.417. The summed E-state index contributed by atoms with van der Waals surface area (Å²) < 4.78 is 66.1. The van der Waals surface area contributed by atoms with Gasteiger partial charge in [0.15, 0.2) is 5.82 Å². The van der Waals surface area contributed by atoms with E-state index in [1.54, 1.807) is 29.7 Å². The molecule has 3 aromatic heterocycles. The molecule has 196 valence electrons. The minimum absolute atomic E-state index is 0.0190. The van der Waals surface area contributed by atoms with Crippen molar-refractivity contribution in [2.24, 2.45) is 0 Å². The van der Waals surface area contributed by atoms with E-state index in [2.05, 4.69) is 20.4 Å². The van der Waals surface area contributed by atoms with Crippen molar-refractivity contribution < 1.29 is 27.1 Å². The Bertz CT molecular complexity index is 1500. The van der Waals surface area contributed by atoms with Crippen molar-refractivity contribution in [1.29, 1.82) is 0 Å². The van der Waals surface area contributed by atoms with Crippen molar-refractivity contribution in [2.75, 3.05) is 32.2 Å². The molecule has 1 amide bonds. The van der Waals surface area contributed by atoms with Gasteiger partial charge >= 0.3 is 0 Å². The highest BCUT2D eigenvalue weighted by molar-refractivity contribution is 5.90. The Morgan fingerprint density at radius 1 is 1.30 bits per heavy atom. The number of rotatable bonds is 6. The van der Waals surface area contributed by atoms with E-state index >= 15 is 4.39 Å². The van der Waals surface area contributed by atoms with Gasteiger partial charge in [-0.3, -0.25) is 4.79 Å². The molecule has 37 heavy (non-hydrogen) atoms. The van der Waals surface area contributed by atoms with Gasteiger partial charge in [0.1, 0.15) is 18.0 Å². The molecule has 0 aliphatic carbocycles. The highest BCUT2D eigenvalue weighted by atomic mass is 19.3. The standard InChI is InChI=1S/C24H25F4N7O2/c1-13-29-17-5-4-15(10-18(17)34(13)9-7-25)20-16(26)11-35-21(20)22(37-3)31-23(32-35)30-19-6-8-33(14(2)36)12-24(19,27)28/h4-5,10-11,19H,6-9,12H2,1-3H3,(H,30,32)/t19-/m1/s1. The van der Waals surface area contributed by atoms with Crippen LogP contribution in [0.4, 0.5) is 23.5 Å². The van der Waals surface area contributed by atoms with Crippen LogP contribution in [-0.2, 0) is 11.3 Å². The number of methoxy groups -OCH3 is 1. The van der Waals surface area contributed by atoms with Gasteiger partial charge in [-0.1, -0.05) is 6.07 Å². The van der Waals surface area contributed by atoms with Crippen molar-refractivity contribution in [3.63, 3.8) is 0 Å². The van der Waals surface area contributed by atoms with Crippen molar-refractivity contribution in [3.8, 4) is 17.0 Å². The van der Waals surface area contributed by atoms with Crippen molar-refractivity contribution in [2.45, 2.75) is 38.8 Å². The van der Waals surface area contributed by atoms with E-state index in [9.17, 15) is 18.0 Å². The first-order valence-electron chi connectivity index (χ1n) is 11.7. The largest absolute Gasteiger partial charge is 0.479 e. The van der Waals surface area contributed by atoms with Crippen molar-refractivity contribution >= 4 is 28.4 Å². The third-order valence-corrected chi connectivity index (χ3v) is 6.63. The summed E-state index contributed by atoms with van der Waals surface area (Å²) in [5.41, 5.74) is 2.11. The molecule has 1 aliphatic rings. The molecule has 0 unspecified atom stereocenters. The Morgan fingerprint density at radius 3 is 2.76 bits per heavy atom. The van der Waals surface area contributed by atoms with E-state index in [0.717, 1.165) is 11.1 Å². The number of benzene rings is 1. The van der Waals surface area contributed by atoms with Crippen molar-refractivity contribution in [3.05, 3.63) is 36.0 Å². The quantitative estimate of drug-likeness (QED) is 0.390. The molecule has 0 spiro atoms. The lowest BCUT2D eigenvalue weighted by Gasteiger charge is -2.38. The summed E-state index contributed by atoms with van der Waals surface area (Å²) in [6.07, 6.45) is 1.10. The number of imidazole rings is 1. The van der Waals surface area contributed by atoms with Gasteiger partial charge in [0, 0.05) is 13.5 Å². The van der Waals surface area contributed by atoms with Crippen LogP contribution in [-0.4, -0.2) is 73.8 Å². The molecule has 5 rings (SSSR count). The molecule has 13 heteroatoms. The number of fused-ring (bicyclic) bond motifs is 2. The molecule has 4 heterocycles. The second-order valence-corrected chi connectivity index (χ2v) is 8.98. The second kappa shape index (κ2) is 9.20. The Morgan fingerprint density at radius 2 is 2.08 bits per heavy atom. The van der Waals surface area contributed by atoms with Crippen LogP contribution < -0.4 is 10.1 Å². The lowest BCUT2D eigenvalue weighted by molar-refractivity contribution is -0.140. The van der Waals surface area contributed by atoms with Gasteiger partial charge in [0.25, 0.3) is 5.92 Å². The number of halogens is 4. The van der Waals surface area contributed by atoms with E-state index in [-0.39, 0.29) is 42.4 Å².